The van der Waals surface area contributed by atoms with Gasteiger partial charge >= 0.3 is 0 Å². The van der Waals surface area contributed by atoms with Crippen LogP contribution in [0.1, 0.15) is 64.2 Å². The molecule has 4 aliphatic heterocycles. The standard InChI is InChI=1S/C34H58ClN7O5/c35-32-28-8-9-40(18-23(28)6-7-29(32)46-20-27-17-36-21-47-27)19-26(43)16-37-33(44)24-14-30(38-25-2-1-3-25)39-31(15-24)41-10-12-42(13-11-41)34(45)22-4-5-22/h22-32,36,38-39,43H,1-21H2,(H,37,44)/t23?,24?,26-,27?,28?,29?,30?,31?,32?/m0/s1. The molecule has 7 rings (SSSR count). The fraction of sp³-hybridized carbons (Fsp3) is 0.941. The summed E-state index contributed by atoms with van der Waals surface area (Å²) in [6.45, 7) is 7.90. The summed E-state index contributed by atoms with van der Waals surface area (Å²) < 4.78 is 11.8. The number of piperidine rings is 2. The van der Waals surface area contributed by atoms with Crippen molar-refractivity contribution in [1.29, 1.82) is 0 Å². The summed E-state index contributed by atoms with van der Waals surface area (Å²) in [6.07, 6.45) is 10.1. The lowest BCUT2D eigenvalue weighted by atomic mass is 9.73. The molecule has 0 aromatic heterocycles. The topological polar surface area (TPSA) is 131 Å². The first-order valence-electron chi connectivity index (χ1n) is 18.7. The van der Waals surface area contributed by atoms with Crippen molar-refractivity contribution in [2.45, 2.75) is 106 Å². The van der Waals surface area contributed by atoms with Gasteiger partial charge in [0.1, 0.15) is 0 Å². The minimum atomic E-state index is -0.611. The SMILES string of the molecule is O=C(NC[C@H](O)CN1CCC2C(CCC(OCC3CNCO3)C2Cl)C1)C1CC(NC2CCC2)NC(N2CCN(C(=O)C3CC3)CC2)C1. The molecule has 0 spiro atoms. The van der Waals surface area contributed by atoms with E-state index >= 15 is 0 Å². The van der Waals surface area contributed by atoms with Gasteiger partial charge in [0.05, 0.1) is 49.4 Å². The zero-order valence-corrected chi connectivity index (χ0v) is 28.8. The van der Waals surface area contributed by atoms with Crippen LogP contribution in [0, 0.1) is 23.7 Å². The number of amides is 2. The van der Waals surface area contributed by atoms with Crippen molar-refractivity contribution in [2.75, 3.05) is 72.2 Å². The van der Waals surface area contributed by atoms with E-state index in [4.69, 9.17) is 21.1 Å². The van der Waals surface area contributed by atoms with Gasteiger partial charge in [0.25, 0.3) is 0 Å². The van der Waals surface area contributed by atoms with Crippen molar-refractivity contribution in [2.24, 2.45) is 23.7 Å². The van der Waals surface area contributed by atoms with Crippen molar-refractivity contribution >= 4 is 23.4 Å². The van der Waals surface area contributed by atoms with Crippen LogP contribution in [0.3, 0.4) is 0 Å². The highest BCUT2D eigenvalue weighted by Gasteiger charge is 2.43. The number of carbonyl (C=O) groups excluding carboxylic acids is 2. The minimum Gasteiger partial charge on any atom is -0.390 e. The normalized spacial score (nSPS) is 38.0. The molecule has 0 radical (unpaired) electrons. The molecule has 3 aliphatic carbocycles. The number of nitrogens with zero attached hydrogens (tertiary/aromatic N) is 3. The lowest BCUT2D eigenvalue weighted by molar-refractivity contribution is -0.135. The molecule has 5 N–H and O–H groups in total. The second kappa shape index (κ2) is 15.9. The molecule has 7 aliphatic rings. The lowest BCUT2D eigenvalue weighted by Gasteiger charge is -2.46. The van der Waals surface area contributed by atoms with Crippen LogP contribution in [-0.4, -0.2) is 146 Å². The van der Waals surface area contributed by atoms with E-state index < -0.39 is 6.10 Å². The lowest BCUT2D eigenvalue weighted by Crippen LogP contribution is -2.64. The van der Waals surface area contributed by atoms with Crippen LogP contribution in [0.15, 0.2) is 0 Å². The maximum absolute atomic E-state index is 13.6. The Morgan fingerprint density at radius 3 is 2.55 bits per heavy atom. The van der Waals surface area contributed by atoms with Gasteiger partial charge in [0, 0.05) is 70.2 Å². The molecular formula is C34H58ClN7O5. The summed E-state index contributed by atoms with van der Waals surface area (Å²) in [4.78, 5) is 33.0. The predicted molar refractivity (Wildman–Crippen MR) is 178 cm³/mol. The number of aliphatic hydroxyl groups excluding tert-OH is 1. The summed E-state index contributed by atoms with van der Waals surface area (Å²) >= 11 is 6.97. The number of alkyl halides is 1. The smallest absolute Gasteiger partial charge is 0.225 e. The molecule has 4 heterocycles. The number of likely N-dealkylation sites (tertiary alicyclic amines) is 1. The van der Waals surface area contributed by atoms with Crippen LogP contribution >= 0.6 is 11.6 Å². The van der Waals surface area contributed by atoms with Gasteiger partial charge in [-0.15, -0.1) is 11.6 Å². The summed E-state index contributed by atoms with van der Waals surface area (Å²) in [5.74, 6) is 1.45. The molecule has 3 saturated carbocycles. The van der Waals surface area contributed by atoms with E-state index in [1.54, 1.807) is 0 Å². The van der Waals surface area contributed by atoms with Crippen molar-refractivity contribution in [3.63, 3.8) is 0 Å². The van der Waals surface area contributed by atoms with E-state index in [0.717, 1.165) is 90.8 Å². The second-order valence-corrected chi connectivity index (χ2v) is 16.0. The van der Waals surface area contributed by atoms with Crippen molar-refractivity contribution in [3.8, 4) is 0 Å². The maximum atomic E-state index is 13.6. The molecule has 4 saturated heterocycles. The van der Waals surface area contributed by atoms with Crippen LogP contribution in [0.4, 0.5) is 0 Å². The number of carbonyl (C=O) groups is 2. The molecule has 0 aromatic rings. The monoisotopic (exact) mass is 679 g/mol. The number of fused-ring (bicyclic) bond motifs is 1. The number of piperazine rings is 1. The van der Waals surface area contributed by atoms with Gasteiger partial charge in [0.15, 0.2) is 0 Å². The maximum Gasteiger partial charge on any atom is 0.225 e. The number of hydrogen-bond acceptors (Lipinski definition) is 10. The van der Waals surface area contributed by atoms with Crippen molar-refractivity contribution < 1.29 is 24.2 Å². The molecule has 0 aromatic carbocycles. The Kier molecular flexibility index (Phi) is 11.6. The Labute approximate surface area is 285 Å². The number of β-amino-alcohol motifs (C(OH)–C–C–N with tert-alkyl or cyclic N) is 1. The largest absolute Gasteiger partial charge is 0.390 e. The van der Waals surface area contributed by atoms with E-state index in [-0.39, 0.29) is 54.2 Å². The quantitative estimate of drug-likeness (QED) is 0.186. The van der Waals surface area contributed by atoms with Crippen molar-refractivity contribution in [3.05, 3.63) is 0 Å². The van der Waals surface area contributed by atoms with Crippen LogP contribution in [0.2, 0.25) is 0 Å². The molecule has 0 bridgehead atoms. The average molecular weight is 680 g/mol. The average Bonchev–Trinajstić information content (AvgIpc) is 3.79. The van der Waals surface area contributed by atoms with Gasteiger partial charge < -0.3 is 29.7 Å². The molecular weight excluding hydrogens is 622 g/mol. The molecule has 13 heteroatoms. The highest BCUT2D eigenvalue weighted by atomic mass is 35.5. The minimum absolute atomic E-state index is 0.0139. The van der Waals surface area contributed by atoms with Crippen LogP contribution in [-0.2, 0) is 19.1 Å². The Bertz CT molecular complexity index is 1050. The first-order chi connectivity index (χ1) is 22.9. The number of halogens is 1. The van der Waals surface area contributed by atoms with E-state index in [1.807, 2.05) is 4.90 Å². The van der Waals surface area contributed by atoms with Gasteiger partial charge in [0.2, 0.25) is 11.8 Å². The number of ether oxygens (including phenoxy) is 2. The predicted octanol–water partition coefficient (Wildman–Crippen LogP) is 0.482. The first kappa shape index (κ1) is 34.4. The highest BCUT2D eigenvalue weighted by molar-refractivity contribution is 6.21. The van der Waals surface area contributed by atoms with E-state index in [0.29, 0.717) is 43.7 Å². The van der Waals surface area contributed by atoms with E-state index in [9.17, 15) is 14.7 Å². The van der Waals surface area contributed by atoms with Gasteiger partial charge in [-0.25, -0.2) is 0 Å². The first-order valence-corrected chi connectivity index (χ1v) is 19.1. The molecule has 2 amide bonds. The number of nitrogens with one attached hydrogen (secondary N) is 4. The Balaban J connectivity index is 0.851. The van der Waals surface area contributed by atoms with Crippen LogP contribution in [0.25, 0.3) is 0 Å². The van der Waals surface area contributed by atoms with Gasteiger partial charge in [-0.05, 0) is 76.2 Å². The van der Waals surface area contributed by atoms with Crippen LogP contribution in [0.5, 0.6) is 0 Å². The number of rotatable bonds is 12. The molecule has 9 atom stereocenters. The summed E-state index contributed by atoms with van der Waals surface area (Å²) in [5.41, 5.74) is 0. The third-order valence-corrected chi connectivity index (χ3v) is 12.7. The van der Waals surface area contributed by atoms with E-state index in [1.165, 1.54) is 19.3 Å². The van der Waals surface area contributed by atoms with Gasteiger partial charge in [-0.1, -0.05) is 6.42 Å². The second-order valence-electron chi connectivity index (χ2n) is 15.5. The number of hydrogen-bond donors (Lipinski definition) is 5. The fourth-order valence-corrected chi connectivity index (χ4v) is 9.36. The highest BCUT2D eigenvalue weighted by Crippen LogP contribution is 2.40. The third-order valence-electron chi connectivity index (χ3n) is 12.1. The zero-order chi connectivity index (χ0) is 32.3. The molecule has 266 valence electrons. The zero-order valence-electron chi connectivity index (χ0n) is 28.0. The van der Waals surface area contributed by atoms with Gasteiger partial charge in [-0.2, -0.15) is 0 Å². The summed E-state index contributed by atoms with van der Waals surface area (Å²) in [6, 6.07) is 0.523. The fourth-order valence-electron chi connectivity index (χ4n) is 8.83. The van der Waals surface area contributed by atoms with Gasteiger partial charge in [-0.3, -0.25) is 30.4 Å². The summed E-state index contributed by atoms with van der Waals surface area (Å²) in [5, 5.41) is 24.9. The Morgan fingerprint density at radius 1 is 1.00 bits per heavy atom. The molecule has 7 fully saturated rings. The molecule has 12 nitrogen and oxygen atoms in total. The molecule has 8 unspecified atom stereocenters. The Hall–Kier alpha value is -1.09. The summed E-state index contributed by atoms with van der Waals surface area (Å²) in [7, 11) is 0. The van der Waals surface area contributed by atoms with Crippen LogP contribution < -0.4 is 21.3 Å². The Morgan fingerprint density at radius 2 is 1.83 bits per heavy atom. The molecule has 47 heavy (non-hydrogen) atoms. The van der Waals surface area contributed by atoms with Crippen molar-refractivity contribution in [1.82, 2.24) is 36.0 Å². The third kappa shape index (κ3) is 8.80. The van der Waals surface area contributed by atoms with E-state index in [2.05, 4.69) is 31.1 Å². The number of aliphatic hydroxyl groups is 1.